The predicted molar refractivity (Wildman–Crippen MR) is 78.8 cm³/mol. The quantitative estimate of drug-likeness (QED) is 0.672. The van der Waals surface area contributed by atoms with Gasteiger partial charge in [-0.15, -0.1) is 0 Å². The van der Waals surface area contributed by atoms with Crippen LogP contribution in [0, 0.1) is 0 Å². The zero-order valence-electron chi connectivity index (χ0n) is 12.0. The Morgan fingerprint density at radius 2 is 1.77 bits per heavy atom. The summed E-state index contributed by atoms with van der Waals surface area (Å²) in [6.07, 6.45) is -1.27. The minimum absolute atomic E-state index is 0.108. The molecule has 0 radical (unpaired) electrons. The number of allylic oxidation sites excluding steroid dienone is 1. The largest absolute Gasteiger partial charge is 0.412 e. The van der Waals surface area contributed by atoms with E-state index in [1.807, 2.05) is 12.1 Å². The summed E-state index contributed by atoms with van der Waals surface area (Å²) in [5, 5.41) is 0. The number of aryl methyl sites for hydroxylation is 1. The van der Waals surface area contributed by atoms with Crippen molar-refractivity contribution in [2.45, 2.75) is 25.9 Å². The number of alkyl halides is 3. The van der Waals surface area contributed by atoms with Crippen LogP contribution in [-0.4, -0.2) is 11.2 Å². The Kier molecular flexibility index (Phi) is 4.96. The summed E-state index contributed by atoms with van der Waals surface area (Å²) in [6, 6.07) is 9.55. The van der Waals surface area contributed by atoms with E-state index in [9.17, 15) is 17.6 Å². The molecule has 0 atom stereocenters. The maximum Gasteiger partial charge on any atom is 0.412 e. The van der Waals surface area contributed by atoms with Gasteiger partial charge in [0.1, 0.15) is 5.83 Å². The number of rotatable bonds is 4. The monoisotopic (exact) mass is 309 g/mol. The Labute approximate surface area is 126 Å². The van der Waals surface area contributed by atoms with Gasteiger partial charge < -0.3 is 0 Å². The molecule has 1 aromatic heterocycles. The lowest BCUT2D eigenvalue weighted by Gasteiger charge is -2.05. The smallest absolute Gasteiger partial charge is 0.256 e. The van der Waals surface area contributed by atoms with Crippen molar-refractivity contribution in [3.8, 4) is 11.3 Å². The Morgan fingerprint density at radius 1 is 1.09 bits per heavy atom. The van der Waals surface area contributed by atoms with Crippen molar-refractivity contribution in [3.63, 3.8) is 0 Å². The van der Waals surface area contributed by atoms with Crippen LogP contribution >= 0.6 is 0 Å². The molecular weight excluding hydrogens is 294 g/mol. The lowest BCUT2D eigenvalue weighted by atomic mass is 10.1. The number of hydrogen-bond donors (Lipinski definition) is 0. The Hall–Kier alpha value is -2.17. The number of benzene rings is 1. The van der Waals surface area contributed by atoms with Gasteiger partial charge in [0.05, 0.1) is 11.8 Å². The highest BCUT2D eigenvalue weighted by molar-refractivity contribution is 5.65. The average Bonchev–Trinajstić information content (AvgIpc) is 2.47. The average molecular weight is 309 g/mol. The third-order valence-electron chi connectivity index (χ3n) is 3.11. The molecule has 0 saturated heterocycles. The van der Waals surface area contributed by atoms with Gasteiger partial charge in [-0.25, -0.2) is 4.39 Å². The summed E-state index contributed by atoms with van der Waals surface area (Å²) < 4.78 is 49.8. The molecule has 2 aromatic rings. The Bertz CT molecular complexity index is 640. The molecule has 0 unspecified atom stereocenters. The highest BCUT2D eigenvalue weighted by Gasteiger charge is 2.25. The second-order valence-electron chi connectivity index (χ2n) is 4.91. The topological polar surface area (TPSA) is 12.9 Å². The van der Waals surface area contributed by atoms with E-state index in [4.69, 9.17) is 0 Å². The van der Waals surface area contributed by atoms with E-state index >= 15 is 0 Å². The molecule has 0 aliphatic rings. The summed E-state index contributed by atoms with van der Waals surface area (Å²) in [7, 11) is 0. The van der Waals surface area contributed by atoms with Crippen LogP contribution in [0.3, 0.4) is 0 Å². The van der Waals surface area contributed by atoms with Crippen molar-refractivity contribution in [3.05, 3.63) is 59.8 Å². The van der Waals surface area contributed by atoms with Crippen LogP contribution in [0.25, 0.3) is 17.1 Å². The van der Waals surface area contributed by atoms with Crippen molar-refractivity contribution >= 4 is 5.83 Å². The number of pyridine rings is 1. The molecule has 1 heterocycles. The number of nitrogens with zero attached hydrogens (tertiary/aromatic N) is 1. The van der Waals surface area contributed by atoms with Crippen LogP contribution in [-0.2, 0) is 6.42 Å². The third kappa shape index (κ3) is 4.41. The van der Waals surface area contributed by atoms with E-state index in [2.05, 4.69) is 11.9 Å². The molecule has 1 aromatic carbocycles. The molecule has 0 amide bonds. The van der Waals surface area contributed by atoms with Gasteiger partial charge in [-0.2, -0.15) is 13.2 Å². The van der Waals surface area contributed by atoms with E-state index in [0.29, 0.717) is 5.69 Å². The molecule has 0 bridgehead atoms. The van der Waals surface area contributed by atoms with Gasteiger partial charge in [-0.3, -0.25) is 4.98 Å². The molecule has 0 aliphatic heterocycles. The Balaban J connectivity index is 2.20. The lowest BCUT2D eigenvalue weighted by molar-refractivity contribution is -0.0798. The van der Waals surface area contributed by atoms with Gasteiger partial charge in [-0.1, -0.05) is 43.7 Å². The number of hydrogen-bond acceptors (Lipinski definition) is 1. The molecule has 1 nitrogen and oxygen atoms in total. The minimum atomic E-state index is -4.67. The fraction of sp³-hybridized carbons (Fsp3) is 0.235. The molecule has 0 N–H and O–H groups in total. The molecule has 0 fully saturated rings. The zero-order chi connectivity index (χ0) is 16.2. The van der Waals surface area contributed by atoms with Gasteiger partial charge in [0.15, 0.2) is 0 Å². The second kappa shape index (κ2) is 6.73. The summed E-state index contributed by atoms with van der Waals surface area (Å²) >= 11 is 0. The highest BCUT2D eigenvalue weighted by Crippen LogP contribution is 2.26. The molecule has 0 aliphatic carbocycles. The third-order valence-corrected chi connectivity index (χ3v) is 3.11. The van der Waals surface area contributed by atoms with Gasteiger partial charge >= 0.3 is 6.18 Å². The van der Waals surface area contributed by atoms with Gasteiger partial charge in [0.2, 0.25) is 0 Å². The van der Waals surface area contributed by atoms with E-state index in [-0.39, 0.29) is 11.6 Å². The molecule has 116 valence electrons. The van der Waals surface area contributed by atoms with Crippen molar-refractivity contribution in [2.75, 3.05) is 0 Å². The van der Waals surface area contributed by atoms with Gasteiger partial charge in [-0.05, 0) is 18.1 Å². The highest BCUT2D eigenvalue weighted by atomic mass is 19.4. The number of halogens is 4. The first-order valence-electron chi connectivity index (χ1n) is 6.90. The van der Waals surface area contributed by atoms with Crippen LogP contribution in [0.2, 0.25) is 0 Å². The van der Waals surface area contributed by atoms with E-state index < -0.39 is 12.0 Å². The van der Waals surface area contributed by atoms with E-state index in [0.717, 1.165) is 24.0 Å². The van der Waals surface area contributed by atoms with Crippen LogP contribution in [0.15, 0.2) is 48.7 Å². The van der Waals surface area contributed by atoms with Crippen LogP contribution in [0.1, 0.15) is 24.5 Å². The van der Waals surface area contributed by atoms with Gasteiger partial charge in [0, 0.05) is 17.3 Å². The molecule has 5 heteroatoms. The number of aromatic nitrogens is 1. The normalized spacial score (nSPS) is 12.5. The fourth-order valence-electron chi connectivity index (χ4n) is 2.06. The second-order valence-corrected chi connectivity index (χ2v) is 4.91. The molecule has 22 heavy (non-hydrogen) atoms. The minimum Gasteiger partial charge on any atom is -0.256 e. The molecule has 0 spiro atoms. The van der Waals surface area contributed by atoms with Crippen molar-refractivity contribution < 1.29 is 17.6 Å². The van der Waals surface area contributed by atoms with Crippen molar-refractivity contribution in [1.29, 1.82) is 0 Å². The maximum absolute atomic E-state index is 13.4. The Morgan fingerprint density at radius 3 is 2.27 bits per heavy atom. The van der Waals surface area contributed by atoms with Gasteiger partial charge in [0.25, 0.3) is 0 Å². The molecule has 0 saturated carbocycles. The first-order chi connectivity index (χ1) is 10.4. The molecular formula is C17H15F4N. The van der Waals surface area contributed by atoms with E-state index in [1.54, 1.807) is 18.3 Å². The lowest BCUT2D eigenvalue weighted by Crippen LogP contribution is -2.01. The van der Waals surface area contributed by atoms with Crippen molar-refractivity contribution in [1.82, 2.24) is 4.98 Å². The summed E-state index contributed by atoms with van der Waals surface area (Å²) in [5.41, 5.74) is 2.45. The summed E-state index contributed by atoms with van der Waals surface area (Å²) in [5.74, 6) is -1.30. The van der Waals surface area contributed by atoms with Crippen LogP contribution in [0.5, 0.6) is 0 Å². The first kappa shape index (κ1) is 16.2. The maximum atomic E-state index is 13.4. The van der Waals surface area contributed by atoms with Crippen molar-refractivity contribution in [2.24, 2.45) is 0 Å². The summed E-state index contributed by atoms with van der Waals surface area (Å²) in [4.78, 5) is 4.31. The molecule has 2 rings (SSSR count). The standard InChI is InChI=1S/C17H15F4N/c1-2-3-12-4-9-16(22-11-12)14-7-5-13(6-8-14)15(18)10-17(19,20)21/h4-11H,2-3H2,1H3/b15-10-. The SMILES string of the molecule is CCCc1ccc(-c2ccc(/C(F)=C/C(F)(F)F)cc2)nc1. The van der Waals surface area contributed by atoms with Crippen LogP contribution in [0.4, 0.5) is 17.6 Å². The zero-order valence-corrected chi connectivity index (χ0v) is 12.0. The predicted octanol–water partition coefficient (Wildman–Crippen LogP) is 5.57. The fourth-order valence-corrected chi connectivity index (χ4v) is 2.06. The van der Waals surface area contributed by atoms with Crippen LogP contribution < -0.4 is 0 Å². The first-order valence-corrected chi connectivity index (χ1v) is 6.90. The summed E-state index contributed by atoms with van der Waals surface area (Å²) in [6.45, 7) is 2.08. The van der Waals surface area contributed by atoms with E-state index in [1.165, 1.54) is 12.1 Å².